The van der Waals surface area contributed by atoms with Gasteiger partial charge in [0.15, 0.2) is 0 Å². The van der Waals surface area contributed by atoms with Crippen molar-refractivity contribution in [1.29, 1.82) is 0 Å². The predicted octanol–water partition coefficient (Wildman–Crippen LogP) is 2.48. The molecule has 124 valence electrons. The molecule has 0 spiro atoms. The lowest BCUT2D eigenvalue weighted by molar-refractivity contribution is -0.143. The minimum atomic E-state index is -0.357. The van der Waals surface area contributed by atoms with E-state index in [2.05, 4.69) is 12.2 Å². The number of benzene rings is 1. The first-order valence-corrected chi connectivity index (χ1v) is 8.39. The Balaban J connectivity index is 1.59. The molecule has 5 heteroatoms. The van der Waals surface area contributed by atoms with E-state index in [-0.39, 0.29) is 29.6 Å². The Hall–Kier alpha value is -1.91. The molecule has 23 heavy (non-hydrogen) atoms. The third-order valence-corrected chi connectivity index (χ3v) is 4.90. The Labute approximate surface area is 136 Å². The van der Waals surface area contributed by atoms with E-state index in [0.29, 0.717) is 19.0 Å². The lowest BCUT2D eigenvalue weighted by Crippen LogP contribution is -2.52. The highest BCUT2D eigenvalue weighted by Crippen LogP contribution is 2.40. The Morgan fingerprint density at radius 3 is 2.61 bits per heavy atom. The summed E-state index contributed by atoms with van der Waals surface area (Å²) < 4.78 is 12.9. The lowest BCUT2D eigenvalue weighted by atomic mass is 10.00. The summed E-state index contributed by atoms with van der Waals surface area (Å²) in [5.74, 6) is 0.311. The maximum atomic E-state index is 12.9. The molecule has 0 aromatic heterocycles. The fourth-order valence-corrected chi connectivity index (χ4v) is 3.26. The molecule has 1 aliphatic carbocycles. The van der Waals surface area contributed by atoms with Crippen LogP contribution in [0.25, 0.3) is 0 Å². The number of halogens is 1. The summed E-state index contributed by atoms with van der Waals surface area (Å²) in [5.41, 5.74) is 0.851. The SMILES string of the molecule is C[C@@H]1C[C@H]1C(=O)N1CCCC[C@@H]1C(=O)NCc1ccc(F)cc1. The molecule has 1 aromatic rings. The number of piperidine rings is 1. The number of nitrogens with one attached hydrogen (secondary N) is 1. The van der Waals surface area contributed by atoms with Gasteiger partial charge in [-0.1, -0.05) is 19.1 Å². The van der Waals surface area contributed by atoms with Crippen molar-refractivity contribution in [2.24, 2.45) is 11.8 Å². The quantitative estimate of drug-likeness (QED) is 0.927. The van der Waals surface area contributed by atoms with Crippen LogP contribution in [-0.2, 0) is 16.1 Å². The van der Waals surface area contributed by atoms with Crippen molar-refractivity contribution >= 4 is 11.8 Å². The molecule has 4 nitrogen and oxygen atoms in total. The smallest absolute Gasteiger partial charge is 0.243 e. The topological polar surface area (TPSA) is 49.4 Å². The number of rotatable bonds is 4. The highest BCUT2D eigenvalue weighted by Gasteiger charge is 2.44. The monoisotopic (exact) mass is 318 g/mol. The summed E-state index contributed by atoms with van der Waals surface area (Å²) >= 11 is 0. The van der Waals surface area contributed by atoms with Crippen molar-refractivity contribution < 1.29 is 14.0 Å². The first kappa shape index (κ1) is 16.0. The fraction of sp³-hybridized carbons (Fsp3) is 0.556. The molecule has 0 radical (unpaired) electrons. The number of nitrogens with zero attached hydrogens (tertiary/aromatic N) is 1. The van der Waals surface area contributed by atoms with Gasteiger partial charge in [0.25, 0.3) is 0 Å². The second-order valence-corrected chi connectivity index (χ2v) is 6.71. The van der Waals surface area contributed by atoms with Gasteiger partial charge >= 0.3 is 0 Å². The van der Waals surface area contributed by atoms with E-state index in [1.54, 1.807) is 17.0 Å². The molecule has 2 aliphatic rings. The van der Waals surface area contributed by atoms with Gasteiger partial charge in [0.1, 0.15) is 11.9 Å². The van der Waals surface area contributed by atoms with Crippen LogP contribution in [0.2, 0.25) is 0 Å². The second-order valence-electron chi connectivity index (χ2n) is 6.71. The van der Waals surface area contributed by atoms with Crippen molar-refractivity contribution in [3.8, 4) is 0 Å². The number of likely N-dealkylation sites (tertiary alicyclic amines) is 1. The van der Waals surface area contributed by atoms with Gasteiger partial charge in [-0.05, 0) is 49.3 Å². The largest absolute Gasteiger partial charge is 0.350 e. The summed E-state index contributed by atoms with van der Waals surface area (Å²) in [6.07, 6.45) is 3.61. The van der Waals surface area contributed by atoms with Crippen LogP contribution < -0.4 is 5.32 Å². The summed E-state index contributed by atoms with van der Waals surface area (Å²) in [6.45, 7) is 3.12. The Morgan fingerprint density at radius 2 is 1.96 bits per heavy atom. The molecule has 1 aliphatic heterocycles. The minimum absolute atomic E-state index is 0.101. The van der Waals surface area contributed by atoms with E-state index in [1.165, 1.54) is 12.1 Å². The van der Waals surface area contributed by atoms with Crippen LogP contribution in [0.15, 0.2) is 24.3 Å². The predicted molar refractivity (Wildman–Crippen MR) is 84.9 cm³/mol. The van der Waals surface area contributed by atoms with Gasteiger partial charge in [-0.15, -0.1) is 0 Å². The molecule has 1 saturated heterocycles. The van der Waals surface area contributed by atoms with Gasteiger partial charge in [-0.2, -0.15) is 0 Å². The average molecular weight is 318 g/mol. The zero-order valence-electron chi connectivity index (χ0n) is 13.4. The number of carbonyl (C=O) groups is 2. The van der Waals surface area contributed by atoms with E-state index < -0.39 is 0 Å². The number of amides is 2. The molecule has 3 atom stereocenters. The van der Waals surface area contributed by atoms with Gasteiger partial charge in [0.05, 0.1) is 0 Å². The Bertz CT molecular complexity index is 587. The van der Waals surface area contributed by atoms with Gasteiger partial charge in [-0.25, -0.2) is 4.39 Å². The number of carbonyl (C=O) groups excluding carboxylic acids is 2. The fourth-order valence-electron chi connectivity index (χ4n) is 3.26. The van der Waals surface area contributed by atoms with Gasteiger partial charge in [-0.3, -0.25) is 9.59 Å². The van der Waals surface area contributed by atoms with Crippen LogP contribution in [0.3, 0.4) is 0 Å². The molecule has 1 aromatic carbocycles. The molecule has 2 amide bonds. The third-order valence-electron chi connectivity index (χ3n) is 4.90. The molecule has 1 N–H and O–H groups in total. The van der Waals surface area contributed by atoms with E-state index in [4.69, 9.17) is 0 Å². The summed E-state index contributed by atoms with van der Waals surface area (Å²) in [4.78, 5) is 26.8. The van der Waals surface area contributed by atoms with Crippen molar-refractivity contribution in [2.45, 2.75) is 45.2 Å². The first-order chi connectivity index (χ1) is 11.1. The van der Waals surface area contributed by atoms with Gasteiger partial charge in [0.2, 0.25) is 11.8 Å². The summed E-state index contributed by atoms with van der Waals surface area (Å²) in [6, 6.07) is 5.72. The van der Waals surface area contributed by atoms with Crippen molar-refractivity contribution in [1.82, 2.24) is 10.2 Å². The van der Waals surface area contributed by atoms with Crippen molar-refractivity contribution in [3.05, 3.63) is 35.6 Å². The lowest BCUT2D eigenvalue weighted by Gasteiger charge is -2.35. The van der Waals surface area contributed by atoms with E-state index in [0.717, 1.165) is 31.2 Å². The standard InChI is InChI=1S/C18H23FN2O2/c1-12-10-15(12)18(23)21-9-3-2-4-16(21)17(22)20-11-13-5-7-14(19)8-6-13/h5-8,12,15-16H,2-4,9-11H2,1H3,(H,20,22)/t12-,15-,16-/m1/s1. The average Bonchev–Trinajstić information content (AvgIpc) is 3.30. The normalized spacial score (nSPS) is 26.7. The maximum Gasteiger partial charge on any atom is 0.243 e. The van der Waals surface area contributed by atoms with Crippen LogP contribution in [0, 0.1) is 17.7 Å². The molecular formula is C18H23FN2O2. The zero-order chi connectivity index (χ0) is 16.4. The molecule has 1 heterocycles. The Morgan fingerprint density at radius 1 is 1.26 bits per heavy atom. The van der Waals surface area contributed by atoms with E-state index in [1.807, 2.05) is 0 Å². The summed E-state index contributed by atoms with van der Waals surface area (Å²) in [7, 11) is 0. The van der Waals surface area contributed by atoms with Gasteiger partial charge in [0, 0.05) is 19.0 Å². The Kier molecular flexibility index (Phi) is 4.64. The number of hydrogen-bond donors (Lipinski definition) is 1. The molecule has 2 fully saturated rings. The van der Waals surface area contributed by atoms with E-state index in [9.17, 15) is 14.0 Å². The van der Waals surface area contributed by atoms with Crippen LogP contribution in [0.1, 0.15) is 38.2 Å². The third kappa shape index (κ3) is 3.71. The van der Waals surface area contributed by atoms with Crippen molar-refractivity contribution in [3.63, 3.8) is 0 Å². The summed E-state index contributed by atoms with van der Waals surface area (Å²) in [5, 5.41) is 2.89. The van der Waals surface area contributed by atoms with Crippen LogP contribution >= 0.6 is 0 Å². The molecular weight excluding hydrogens is 295 g/mol. The second kappa shape index (κ2) is 6.69. The maximum absolute atomic E-state index is 12.9. The highest BCUT2D eigenvalue weighted by atomic mass is 19.1. The minimum Gasteiger partial charge on any atom is -0.350 e. The molecule has 3 rings (SSSR count). The van der Waals surface area contributed by atoms with Crippen LogP contribution in [-0.4, -0.2) is 29.3 Å². The van der Waals surface area contributed by atoms with Crippen molar-refractivity contribution in [2.75, 3.05) is 6.54 Å². The first-order valence-electron chi connectivity index (χ1n) is 8.39. The molecule has 1 saturated carbocycles. The number of hydrogen-bond acceptors (Lipinski definition) is 2. The van der Waals surface area contributed by atoms with Crippen LogP contribution in [0.5, 0.6) is 0 Å². The zero-order valence-corrected chi connectivity index (χ0v) is 13.4. The molecule has 0 unspecified atom stereocenters. The van der Waals surface area contributed by atoms with Gasteiger partial charge < -0.3 is 10.2 Å². The van der Waals surface area contributed by atoms with Crippen LogP contribution in [0.4, 0.5) is 4.39 Å². The van der Waals surface area contributed by atoms with E-state index >= 15 is 0 Å². The highest BCUT2D eigenvalue weighted by molar-refractivity contribution is 5.89. The molecule has 0 bridgehead atoms.